The van der Waals surface area contributed by atoms with Crippen molar-refractivity contribution in [1.29, 1.82) is 0 Å². The Bertz CT molecular complexity index is 468. The lowest BCUT2D eigenvalue weighted by Crippen LogP contribution is -1.95. The van der Waals surface area contributed by atoms with E-state index in [9.17, 15) is 0 Å². The maximum absolute atomic E-state index is 6.01. The maximum atomic E-state index is 6.01. The van der Waals surface area contributed by atoms with Crippen LogP contribution in [0.1, 0.15) is 0 Å². The van der Waals surface area contributed by atoms with Crippen LogP contribution in [-0.2, 0) is 0 Å². The molecular formula is C9H5BrCl2N2. The van der Waals surface area contributed by atoms with Crippen molar-refractivity contribution in [3.63, 3.8) is 0 Å². The minimum Gasteiger partial charge on any atom is -0.221 e. The van der Waals surface area contributed by atoms with E-state index in [1.54, 1.807) is 23.0 Å². The quantitative estimate of drug-likeness (QED) is 0.778. The lowest BCUT2D eigenvalue weighted by atomic mass is 10.3. The van der Waals surface area contributed by atoms with Crippen LogP contribution in [0.4, 0.5) is 0 Å². The molecule has 0 aliphatic rings. The molecule has 1 heterocycles. The molecule has 0 radical (unpaired) electrons. The highest BCUT2D eigenvalue weighted by molar-refractivity contribution is 9.10. The fraction of sp³-hybridized carbons (Fsp3) is 0. The van der Waals surface area contributed by atoms with Crippen molar-refractivity contribution in [3.8, 4) is 5.69 Å². The van der Waals surface area contributed by atoms with Gasteiger partial charge in [-0.3, -0.25) is 0 Å². The van der Waals surface area contributed by atoms with Gasteiger partial charge in [0.1, 0.15) is 5.15 Å². The van der Waals surface area contributed by atoms with Gasteiger partial charge in [0, 0.05) is 5.02 Å². The van der Waals surface area contributed by atoms with Crippen LogP contribution < -0.4 is 0 Å². The lowest BCUT2D eigenvalue weighted by Gasteiger charge is -2.02. The standard InChI is InChI=1S/C9H5BrCl2N2/c10-8-5-13-14(9(8)12)7-3-1-2-6(11)4-7/h1-5H. The largest absolute Gasteiger partial charge is 0.221 e. The molecule has 2 rings (SSSR count). The average Bonchev–Trinajstić information content (AvgIpc) is 2.48. The second kappa shape index (κ2) is 3.93. The second-order valence-electron chi connectivity index (χ2n) is 2.67. The van der Waals surface area contributed by atoms with Crippen molar-refractivity contribution in [3.05, 3.63) is 45.1 Å². The van der Waals surface area contributed by atoms with Crippen molar-refractivity contribution in [1.82, 2.24) is 9.78 Å². The molecule has 0 spiro atoms. The number of hydrogen-bond acceptors (Lipinski definition) is 1. The van der Waals surface area contributed by atoms with Crippen molar-refractivity contribution >= 4 is 39.1 Å². The first-order chi connectivity index (χ1) is 6.68. The molecule has 0 bridgehead atoms. The monoisotopic (exact) mass is 290 g/mol. The molecule has 0 atom stereocenters. The van der Waals surface area contributed by atoms with Crippen molar-refractivity contribution in [2.75, 3.05) is 0 Å². The molecule has 0 aliphatic heterocycles. The van der Waals surface area contributed by atoms with E-state index in [1.807, 2.05) is 12.1 Å². The van der Waals surface area contributed by atoms with Gasteiger partial charge in [-0.15, -0.1) is 0 Å². The summed E-state index contributed by atoms with van der Waals surface area (Å²) >= 11 is 15.1. The van der Waals surface area contributed by atoms with E-state index in [0.717, 1.165) is 10.2 Å². The molecule has 0 amide bonds. The first kappa shape index (κ1) is 10.0. The minimum atomic E-state index is 0.535. The van der Waals surface area contributed by atoms with Gasteiger partial charge in [0.2, 0.25) is 0 Å². The Hall–Kier alpha value is -0.510. The van der Waals surface area contributed by atoms with E-state index in [2.05, 4.69) is 21.0 Å². The predicted molar refractivity (Wildman–Crippen MR) is 61.3 cm³/mol. The zero-order chi connectivity index (χ0) is 10.1. The van der Waals surface area contributed by atoms with Crippen LogP contribution in [0, 0.1) is 0 Å². The Balaban J connectivity index is 2.55. The summed E-state index contributed by atoms with van der Waals surface area (Å²) in [6.07, 6.45) is 1.64. The van der Waals surface area contributed by atoms with E-state index in [1.165, 1.54) is 0 Å². The smallest absolute Gasteiger partial charge is 0.147 e. The van der Waals surface area contributed by atoms with Crippen molar-refractivity contribution in [2.24, 2.45) is 0 Å². The minimum absolute atomic E-state index is 0.535. The Morgan fingerprint density at radius 1 is 1.29 bits per heavy atom. The zero-order valence-corrected chi connectivity index (χ0v) is 10.0. The number of nitrogens with zero attached hydrogens (tertiary/aromatic N) is 2. The van der Waals surface area contributed by atoms with Gasteiger partial charge in [-0.05, 0) is 34.1 Å². The molecule has 0 aliphatic carbocycles. The van der Waals surface area contributed by atoms with Gasteiger partial charge in [-0.2, -0.15) is 5.10 Å². The van der Waals surface area contributed by atoms with Gasteiger partial charge >= 0.3 is 0 Å². The van der Waals surface area contributed by atoms with Gasteiger partial charge in [-0.25, -0.2) is 4.68 Å². The van der Waals surface area contributed by atoms with Gasteiger partial charge in [-0.1, -0.05) is 29.3 Å². The summed E-state index contributed by atoms with van der Waals surface area (Å²) in [6.45, 7) is 0. The van der Waals surface area contributed by atoms with Gasteiger partial charge in [0.25, 0.3) is 0 Å². The van der Waals surface area contributed by atoms with E-state index < -0.39 is 0 Å². The fourth-order valence-corrected chi connectivity index (χ4v) is 1.74. The Labute approximate surface area is 99.6 Å². The van der Waals surface area contributed by atoms with E-state index in [0.29, 0.717) is 10.2 Å². The average molecular weight is 292 g/mol. The number of rotatable bonds is 1. The molecule has 0 saturated carbocycles. The van der Waals surface area contributed by atoms with Crippen LogP contribution in [0.2, 0.25) is 10.2 Å². The van der Waals surface area contributed by atoms with Crippen molar-refractivity contribution < 1.29 is 0 Å². The molecule has 1 aromatic heterocycles. The second-order valence-corrected chi connectivity index (χ2v) is 4.32. The van der Waals surface area contributed by atoms with Crippen molar-refractivity contribution in [2.45, 2.75) is 0 Å². The molecule has 0 unspecified atom stereocenters. The number of benzene rings is 1. The Kier molecular flexibility index (Phi) is 2.81. The number of hydrogen-bond donors (Lipinski definition) is 0. The number of aromatic nitrogens is 2. The first-order valence-electron chi connectivity index (χ1n) is 3.83. The van der Waals surface area contributed by atoms with Crippen LogP contribution in [0.3, 0.4) is 0 Å². The third kappa shape index (κ3) is 1.80. The highest BCUT2D eigenvalue weighted by atomic mass is 79.9. The molecular weight excluding hydrogens is 287 g/mol. The van der Waals surface area contributed by atoms with E-state index in [-0.39, 0.29) is 0 Å². The SMILES string of the molecule is Clc1cccc(-n2ncc(Br)c2Cl)c1. The molecule has 5 heteroatoms. The highest BCUT2D eigenvalue weighted by Crippen LogP contribution is 2.25. The van der Waals surface area contributed by atoms with Crippen LogP contribution in [-0.4, -0.2) is 9.78 Å². The van der Waals surface area contributed by atoms with E-state index >= 15 is 0 Å². The van der Waals surface area contributed by atoms with Crippen LogP contribution in [0.15, 0.2) is 34.9 Å². The number of halogens is 3. The summed E-state index contributed by atoms with van der Waals surface area (Å²) in [6, 6.07) is 7.34. The summed E-state index contributed by atoms with van der Waals surface area (Å²) < 4.78 is 2.37. The third-order valence-electron chi connectivity index (χ3n) is 1.72. The normalized spacial score (nSPS) is 10.5. The topological polar surface area (TPSA) is 17.8 Å². The first-order valence-corrected chi connectivity index (χ1v) is 5.38. The summed E-state index contributed by atoms with van der Waals surface area (Å²) in [5.41, 5.74) is 0.841. The van der Waals surface area contributed by atoms with Gasteiger partial charge in [0.15, 0.2) is 0 Å². The highest BCUT2D eigenvalue weighted by Gasteiger charge is 2.07. The molecule has 2 nitrogen and oxygen atoms in total. The van der Waals surface area contributed by atoms with Gasteiger partial charge in [0.05, 0.1) is 16.4 Å². The summed E-state index contributed by atoms with van der Waals surface area (Å²) in [7, 11) is 0. The summed E-state index contributed by atoms with van der Waals surface area (Å²) in [5.74, 6) is 0. The molecule has 2 aromatic rings. The molecule has 0 saturated heterocycles. The van der Waals surface area contributed by atoms with E-state index in [4.69, 9.17) is 23.2 Å². The summed E-state index contributed by atoms with van der Waals surface area (Å²) in [5, 5.41) is 5.30. The molecule has 0 fully saturated rings. The Morgan fingerprint density at radius 3 is 2.64 bits per heavy atom. The lowest BCUT2D eigenvalue weighted by molar-refractivity contribution is 0.881. The van der Waals surface area contributed by atoms with Crippen LogP contribution >= 0.6 is 39.1 Å². The molecule has 72 valence electrons. The van der Waals surface area contributed by atoms with Gasteiger partial charge < -0.3 is 0 Å². The molecule has 14 heavy (non-hydrogen) atoms. The predicted octanol–water partition coefficient (Wildman–Crippen LogP) is 3.94. The molecule has 0 N–H and O–H groups in total. The Morgan fingerprint density at radius 2 is 2.07 bits per heavy atom. The fourth-order valence-electron chi connectivity index (χ4n) is 1.10. The maximum Gasteiger partial charge on any atom is 0.147 e. The van der Waals surface area contributed by atoms with Crippen LogP contribution in [0.25, 0.3) is 5.69 Å². The summed E-state index contributed by atoms with van der Waals surface area (Å²) in [4.78, 5) is 0. The molecule has 1 aromatic carbocycles. The zero-order valence-electron chi connectivity index (χ0n) is 6.92. The van der Waals surface area contributed by atoms with Crippen LogP contribution in [0.5, 0.6) is 0 Å². The third-order valence-corrected chi connectivity index (χ3v) is 3.13.